The molecule has 0 bridgehead atoms. The van der Waals surface area contributed by atoms with Gasteiger partial charge in [0, 0.05) is 13.1 Å². The van der Waals surface area contributed by atoms with Crippen LogP contribution in [0.3, 0.4) is 0 Å². The monoisotopic (exact) mass is 361 g/mol. The normalized spacial score (nSPS) is 11.0. The second-order valence-electron chi connectivity index (χ2n) is 6.00. The Kier molecular flexibility index (Phi) is 4.54. The predicted octanol–water partition coefficient (Wildman–Crippen LogP) is 4.71. The van der Waals surface area contributed by atoms with E-state index in [1.54, 1.807) is 0 Å². The highest BCUT2D eigenvalue weighted by Gasteiger charge is 2.15. The Morgan fingerprint density at radius 2 is 1.81 bits per heavy atom. The molecule has 0 aliphatic carbocycles. The van der Waals surface area contributed by atoms with Crippen LogP contribution in [0, 0.1) is 0 Å². The van der Waals surface area contributed by atoms with Crippen LogP contribution in [-0.4, -0.2) is 15.5 Å². The van der Waals surface area contributed by atoms with Gasteiger partial charge in [-0.15, -0.1) is 11.3 Å². The van der Waals surface area contributed by atoms with Gasteiger partial charge in [0.1, 0.15) is 0 Å². The molecule has 0 saturated heterocycles. The topological polar surface area (TPSA) is 46.9 Å². The fraction of sp³-hybridized carbons (Fsp3) is 0.143. The summed E-state index contributed by atoms with van der Waals surface area (Å²) in [6.45, 7) is 3.47. The van der Waals surface area contributed by atoms with Crippen LogP contribution in [0.1, 0.15) is 22.2 Å². The smallest absolute Gasteiger partial charge is 0.261 e. The van der Waals surface area contributed by atoms with Crippen LogP contribution < -0.4 is 5.32 Å². The van der Waals surface area contributed by atoms with Gasteiger partial charge in [-0.3, -0.25) is 4.79 Å². The Hall–Kier alpha value is -2.92. The maximum Gasteiger partial charge on any atom is 0.261 e. The molecule has 2 heterocycles. The van der Waals surface area contributed by atoms with Crippen molar-refractivity contribution in [1.29, 1.82) is 0 Å². The van der Waals surface area contributed by atoms with Crippen LogP contribution in [0.15, 0.2) is 66.7 Å². The zero-order valence-electron chi connectivity index (χ0n) is 14.5. The van der Waals surface area contributed by atoms with Gasteiger partial charge in [0.15, 0.2) is 5.82 Å². The molecule has 4 rings (SSSR count). The number of hydrogen-bond donors (Lipinski definition) is 1. The Bertz CT molecular complexity index is 1050. The lowest BCUT2D eigenvalue weighted by molar-refractivity contribution is 0.0955. The SMILES string of the molecule is CCn1c(-c2ccc(C(=O)NCc3ccccc3)s2)nc2ccccc21. The van der Waals surface area contributed by atoms with E-state index in [-0.39, 0.29) is 5.91 Å². The molecule has 130 valence electrons. The highest BCUT2D eigenvalue weighted by molar-refractivity contribution is 7.17. The van der Waals surface area contributed by atoms with E-state index in [1.807, 2.05) is 60.7 Å². The number of benzene rings is 2. The first-order valence-electron chi connectivity index (χ1n) is 8.64. The minimum atomic E-state index is -0.0516. The molecule has 0 aliphatic heterocycles. The van der Waals surface area contributed by atoms with E-state index in [1.165, 1.54) is 11.3 Å². The largest absolute Gasteiger partial charge is 0.347 e. The molecule has 0 radical (unpaired) electrons. The molecule has 1 amide bonds. The Labute approximate surface area is 156 Å². The standard InChI is InChI=1S/C21H19N3OS/c1-2-24-17-11-7-6-10-16(17)23-20(24)18-12-13-19(26-18)21(25)22-14-15-8-4-3-5-9-15/h3-13H,2,14H2,1H3,(H,22,25). The number of para-hydroxylation sites is 2. The van der Waals surface area contributed by atoms with E-state index >= 15 is 0 Å². The molecule has 26 heavy (non-hydrogen) atoms. The number of hydrogen-bond acceptors (Lipinski definition) is 3. The molecule has 4 nitrogen and oxygen atoms in total. The van der Waals surface area contributed by atoms with Crippen molar-refractivity contribution in [2.45, 2.75) is 20.0 Å². The Balaban J connectivity index is 1.57. The van der Waals surface area contributed by atoms with E-state index in [4.69, 9.17) is 4.98 Å². The molecule has 0 atom stereocenters. The quantitative estimate of drug-likeness (QED) is 0.559. The van der Waals surface area contributed by atoms with Crippen molar-refractivity contribution in [2.24, 2.45) is 0 Å². The van der Waals surface area contributed by atoms with Gasteiger partial charge in [-0.25, -0.2) is 4.98 Å². The molecular formula is C21H19N3OS. The zero-order chi connectivity index (χ0) is 17.9. The number of carbonyl (C=O) groups excluding carboxylic acids is 1. The molecule has 5 heteroatoms. The van der Waals surface area contributed by atoms with Gasteiger partial charge in [0.2, 0.25) is 0 Å². The first kappa shape index (κ1) is 16.5. The summed E-state index contributed by atoms with van der Waals surface area (Å²) in [6, 6.07) is 21.9. The van der Waals surface area contributed by atoms with Crippen molar-refractivity contribution in [1.82, 2.24) is 14.9 Å². The summed E-state index contributed by atoms with van der Waals surface area (Å²) in [5.41, 5.74) is 3.19. The highest BCUT2D eigenvalue weighted by atomic mass is 32.1. The van der Waals surface area contributed by atoms with Crippen molar-refractivity contribution in [2.75, 3.05) is 0 Å². The van der Waals surface area contributed by atoms with Crippen LogP contribution in [-0.2, 0) is 13.1 Å². The highest BCUT2D eigenvalue weighted by Crippen LogP contribution is 2.30. The van der Waals surface area contributed by atoms with E-state index in [9.17, 15) is 4.79 Å². The molecule has 2 aromatic carbocycles. The summed E-state index contributed by atoms with van der Waals surface area (Å²) in [7, 11) is 0. The van der Waals surface area contributed by atoms with Gasteiger partial charge in [-0.05, 0) is 36.8 Å². The number of amides is 1. The van der Waals surface area contributed by atoms with Gasteiger partial charge in [-0.2, -0.15) is 0 Å². The van der Waals surface area contributed by atoms with Gasteiger partial charge >= 0.3 is 0 Å². The molecule has 0 spiro atoms. The third kappa shape index (κ3) is 3.13. The molecule has 4 aromatic rings. The number of aromatic nitrogens is 2. The Morgan fingerprint density at radius 3 is 2.62 bits per heavy atom. The molecule has 2 aromatic heterocycles. The average molecular weight is 361 g/mol. The summed E-state index contributed by atoms with van der Waals surface area (Å²) in [5, 5.41) is 2.98. The number of nitrogens with zero attached hydrogens (tertiary/aromatic N) is 2. The van der Waals surface area contributed by atoms with Crippen LogP contribution in [0.5, 0.6) is 0 Å². The first-order valence-corrected chi connectivity index (χ1v) is 9.45. The number of rotatable bonds is 5. The number of thiophene rings is 1. The van der Waals surface area contributed by atoms with E-state index in [0.717, 1.165) is 33.8 Å². The Morgan fingerprint density at radius 1 is 1.04 bits per heavy atom. The first-order chi connectivity index (χ1) is 12.8. The van der Waals surface area contributed by atoms with Crippen molar-refractivity contribution in [3.63, 3.8) is 0 Å². The fourth-order valence-electron chi connectivity index (χ4n) is 3.03. The minimum absolute atomic E-state index is 0.0516. The lowest BCUT2D eigenvalue weighted by atomic mass is 10.2. The molecule has 1 N–H and O–H groups in total. The van der Waals surface area contributed by atoms with Gasteiger partial charge in [0.25, 0.3) is 5.91 Å². The lowest BCUT2D eigenvalue weighted by Gasteiger charge is -2.04. The number of nitrogens with one attached hydrogen (secondary N) is 1. The summed E-state index contributed by atoms with van der Waals surface area (Å²) >= 11 is 1.48. The summed E-state index contributed by atoms with van der Waals surface area (Å²) in [4.78, 5) is 18.9. The number of aryl methyl sites for hydroxylation is 1. The molecule has 0 aliphatic rings. The number of fused-ring (bicyclic) bond motifs is 1. The summed E-state index contributed by atoms with van der Waals surface area (Å²) < 4.78 is 2.19. The summed E-state index contributed by atoms with van der Waals surface area (Å²) in [5.74, 6) is 0.866. The molecular weight excluding hydrogens is 342 g/mol. The second-order valence-corrected chi connectivity index (χ2v) is 7.08. The third-order valence-electron chi connectivity index (χ3n) is 4.32. The third-order valence-corrected chi connectivity index (χ3v) is 5.40. The maximum absolute atomic E-state index is 12.5. The number of imidazole rings is 1. The predicted molar refractivity (Wildman–Crippen MR) is 106 cm³/mol. The van der Waals surface area contributed by atoms with Crippen molar-refractivity contribution < 1.29 is 4.79 Å². The van der Waals surface area contributed by atoms with Crippen LogP contribution in [0.4, 0.5) is 0 Å². The van der Waals surface area contributed by atoms with Crippen molar-refractivity contribution in [3.8, 4) is 10.7 Å². The molecule has 0 fully saturated rings. The van der Waals surface area contributed by atoms with Crippen molar-refractivity contribution in [3.05, 3.63) is 77.2 Å². The number of carbonyl (C=O) groups is 1. The van der Waals surface area contributed by atoms with E-state index < -0.39 is 0 Å². The minimum Gasteiger partial charge on any atom is -0.347 e. The van der Waals surface area contributed by atoms with Crippen LogP contribution in [0.25, 0.3) is 21.7 Å². The van der Waals surface area contributed by atoms with E-state index in [0.29, 0.717) is 11.4 Å². The van der Waals surface area contributed by atoms with Gasteiger partial charge in [-0.1, -0.05) is 42.5 Å². The van der Waals surface area contributed by atoms with Crippen molar-refractivity contribution >= 4 is 28.3 Å². The second kappa shape index (κ2) is 7.14. The summed E-state index contributed by atoms with van der Waals surface area (Å²) in [6.07, 6.45) is 0. The van der Waals surface area contributed by atoms with Gasteiger partial charge in [0.05, 0.1) is 20.8 Å². The molecule has 0 saturated carbocycles. The van der Waals surface area contributed by atoms with Crippen LogP contribution in [0.2, 0.25) is 0 Å². The fourth-order valence-corrected chi connectivity index (χ4v) is 3.95. The van der Waals surface area contributed by atoms with Crippen LogP contribution >= 0.6 is 11.3 Å². The average Bonchev–Trinajstić information content (AvgIpc) is 3.31. The molecule has 0 unspecified atom stereocenters. The van der Waals surface area contributed by atoms with Gasteiger partial charge < -0.3 is 9.88 Å². The maximum atomic E-state index is 12.5. The lowest BCUT2D eigenvalue weighted by Crippen LogP contribution is -2.21. The van der Waals surface area contributed by atoms with E-state index in [2.05, 4.69) is 22.9 Å². The zero-order valence-corrected chi connectivity index (χ0v) is 15.3.